The minimum Gasteiger partial charge on any atom is -0.301 e. The molecule has 0 aromatic carbocycles. The van der Waals surface area contributed by atoms with E-state index in [2.05, 4.69) is 50.1 Å². The molecule has 98 valence electrons. The maximum absolute atomic E-state index is 4.50. The minimum atomic E-state index is 0.313. The Hall–Kier alpha value is -0.710. The Morgan fingerprint density at radius 2 is 2.00 bits per heavy atom. The van der Waals surface area contributed by atoms with E-state index in [9.17, 15) is 0 Å². The molecule has 2 rings (SSSR count). The van der Waals surface area contributed by atoms with Gasteiger partial charge in [-0.25, -0.2) is 4.98 Å². The SMILES string of the molecule is CCc1cnc(C(C)NC(C)c2ccc(C)s2)s1. The number of aromatic nitrogens is 1. The van der Waals surface area contributed by atoms with Gasteiger partial charge in [-0.2, -0.15) is 0 Å². The summed E-state index contributed by atoms with van der Waals surface area (Å²) >= 11 is 3.68. The zero-order valence-electron chi connectivity index (χ0n) is 11.4. The summed E-state index contributed by atoms with van der Waals surface area (Å²) in [4.78, 5) is 8.62. The van der Waals surface area contributed by atoms with E-state index in [1.807, 2.05) is 28.9 Å². The third-order valence-corrected chi connectivity index (χ3v) is 5.49. The molecule has 0 aliphatic carbocycles. The molecular formula is C14H20N2S2. The largest absolute Gasteiger partial charge is 0.301 e. The number of thiazole rings is 1. The molecule has 2 nitrogen and oxygen atoms in total. The van der Waals surface area contributed by atoms with Crippen LogP contribution in [0.1, 0.15) is 52.5 Å². The fourth-order valence-electron chi connectivity index (χ4n) is 1.90. The molecule has 0 fully saturated rings. The zero-order chi connectivity index (χ0) is 13.1. The van der Waals surface area contributed by atoms with E-state index < -0.39 is 0 Å². The van der Waals surface area contributed by atoms with Crippen LogP contribution >= 0.6 is 22.7 Å². The summed E-state index contributed by atoms with van der Waals surface area (Å²) in [6.45, 7) is 8.73. The van der Waals surface area contributed by atoms with Crippen molar-refractivity contribution in [3.8, 4) is 0 Å². The van der Waals surface area contributed by atoms with Gasteiger partial charge in [0.05, 0.1) is 6.04 Å². The molecule has 2 unspecified atom stereocenters. The Labute approximate surface area is 117 Å². The first-order valence-electron chi connectivity index (χ1n) is 6.37. The summed E-state index contributed by atoms with van der Waals surface area (Å²) < 4.78 is 0. The topological polar surface area (TPSA) is 24.9 Å². The number of nitrogens with zero attached hydrogens (tertiary/aromatic N) is 1. The summed E-state index contributed by atoms with van der Waals surface area (Å²) in [5, 5.41) is 4.81. The van der Waals surface area contributed by atoms with Gasteiger partial charge in [-0.1, -0.05) is 6.92 Å². The highest BCUT2D eigenvalue weighted by Gasteiger charge is 2.15. The molecule has 0 amide bonds. The van der Waals surface area contributed by atoms with Crippen molar-refractivity contribution in [2.24, 2.45) is 0 Å². The molecule has 1 N–H and O–H groups in total. The second-order valence-electron chi connectivity index (χ2n) is 4.58. The number of hydrogen-bond acceptors (Lipinski definition) is 4. The van der Waals surface area contributed by atoms with Gasteiger partial charge in [-0.15, -0.1) is 22.7 Å². The van der Waals surface area contributed by atoms with Crippen molar-refractivity contribution in [3.05, 3.63) is 38.0 Å². The van der Waals surface area contributed by atoms with E-state index >= 15 is 0 Å². The first kappa shape index (κ1) is 13.7. The minimum absolute atomic E-state index is 0.313. The second kappa shape index (κ2) is 5.95. The lowest BCUT2D eigenvalue weighted by Crippen LogP contribution is -2.21. The number of thiophene rings is 1. The van der Waals surface area contributed by atoms with Gasteiger partial charge < -0.3 is 5.32 Å². The highest BCUT2D eigenvalue weighted by atomic mass is 32.1. The van der Waals surface area contributed by atoms with Crippen molar-refractivity contribution in [2.45, 2.75) is 46.2 Å². The van der Waals surface area contributed by atoms with Crippen molar-refractivity contribution in [2.75, 3.05) is 0 Å². The molecule has 2 heterocycles. The van der Waals surface area contributed by atoms with E-state index in [4.69, 9.17) is 0 Å². The highest BCUT2D eigenvalue weighted by molar-refractivity contribution is 7.12. The predicted octanol–water partition coefficient (Wildman–Crippen LogP) is 4.49. The fourth-order valence-corrected chi connectivity index (χ4v) is 3.66. The predicted molar refractivity (Wildman–Crippen MR) is 80.5 cm³/mol. The van der Waals surface area contributed by atoms with Crippen LogP contribution in [-0.4, -0.2) is 4.98 Å². The Kier molecular flexibility index (Phi) is 4.54. The van der Waals surface area contributed by atoms with Gasteiger partial charge >= 0.3 is 0 Å². The van der Waals surface area contributed by atoms with Gasteiger partial charge in [0.2, 0.25) is 0 Å². The summed E-state index contributed by atoms with van der Waals surface area (Å²) in [6.07, 6.45) is 3.07. The first-order chi connectivity index (χ1) is 8.60. The van der Waals surface area contributed by atoms with Crippen molar-refractivity contribution in [1.29, 1.82) is 0 Å². The fraction of sp³-hybridized carbons (Fsp3) is 0.500. The maximum atomic E-state index is 4.50. The van der Waals surface area contributed by atoms with Gasteiger partial charge in [-0.05, 0) is 39.3 Å². The van der Waals surface area contributed by atoms with E-state index in [1.54, 1.807) is 0 Å². The lowest BCUT2D eigenvalue weighted by molar-refractivity contribution is 0.498. The molecule has 0 radical (unpaired) electrons. The second-order valence-corrected chi connectivity index (χ2v) is 7.04. The van der Waals surface area contributed by atoms with Crippen molar-refractivity contribution in [1.82, 2.24) is 10.3 Å². The van der Waals surface area contributed by atoms with Gasteiger partial charge in [0.1, 0.15) is 5.01 Å². The van der Waals surface area contributed by atoms with Crippen molar-refractivity contribution >= 4 is 22.7 Å². The van der Waals surface area contributed by atoms with Crippen LogP contribution < -0.4 is 5.32 Å². The Bertz CT molecular complexity index is 501. The van der Waals surface area contributed by atoms with Gasteiger partial charge in [-0.3, -0.25) is 0 Å². The molecule has 0 bridgehead atoms. The summed E-state index contributed by atoms with van der Waals surface area (Å²) in [5.41, 5.74) is 0. The quantitative estimate of drug-likeness (QED) is 0.873. The number of rotatable bonds is 5. The molecule has 4 heteroatoms. The molecule has 2 atom stereocenters. The smallest absolute Gasteiger partial charge is 0.109 e. The molecule has 0 spiro atoms. The standard InChI is InChI=1S/C14H20N2S2/c1-5-12-8-15-14(18-12)11(4)16-10(3)13-7-6-9(2)17-13/h6-8,10-11,16H,5H2,1-4H3. The lowest BCUT2D eigenvalue weighted by atomic mass is 10.2. The highest BCUT2D eigenvalue weighted by Crippen LogP contribution is 2.26. The van der Waals surface area contributed by atoms with Crippen LogP contribution in [0.15, 0.2) is 18.3 Å². The number of hydrogen-bond donors (Lipinski definition) is 1. The van der Waals surface area contributed by atoms with Crippen LogP contribution in [0.5, 0.6) is 0 Å². The molecule has 0 saturated heterocycles. The Morgan fingerprint density at radius 3 is 2.56 bits per heavy atom. The molecule has 0 saturated carbocycles. The van der Waals surface area contributed by atoms with E-state index in [0.29, 0.717) is 12.1 Å². The normalized spacial score (nSPS) is 14.7. The third-order valence-electron chi connectivity index (χ3n) is 2.98. The molecule has 18 heavy (non-hydrogen) atoms. The lowest BCUT2D eigenvalue weighted by Gasteiger charge is -2.17. The van der Waals surface area contributed by atoms with Crippen LogP contribution in [0.3, 0.4) is 0 Å². The Balaban J connectivity index is 2.00. The average Bonchev–Trinajstić information content (AvgIpc) is 2.97. The van der Waals surface area contributed by atoms with Crippen LogP contribution in [-0.2, 0) is 6.42 Å². The van der Waals surface area contributed by atoms with Crippen molar-refractivity contribution in [3.63, 3.8) is 0 Å². The van der Waals surface area contributed by atoms with Gasteiger partial charge in [0.25, 0.3) is 0 Å². The third kappa shape index (κ3) is 3.19. The summed E-state index contributed by atoms with van der Waals surface area (Å²) in [6, 6.07) is 5.09. The number of aryl methyl sites for hydroxylation is 2. The van der Waals surface area contributed by atoms with Gasteiger partial charge in [0.15, 0.2) is 0 Å². The van der Waals surface area contributed by atoms with E-state index in [1.165, 1.54) is 19.6 Å². The monoisotopic (exact) mass is 280 g/mol. The molecule has 0 aliphatic rings. The van der Waals surface area contributed by atoms with E-state index in [0.717, 1.165) is 6.42 Å². The number of nitrogens with one attached hydrogen (secondary N) is 1. The summed E-state index contributed by atoms with van der Waals surface area (Å²) in [5.74, 6) is 0. The zero-order valence-corrected chi connectivity index (χ0v) is 13.0. The van der Waals surface area contributed by atoms with Crippen LogP contribution in [0.25, 0.3) is 0 Å². The molecular weight excluding hydrogens is 260 g/mol. The maximum Gasteiger partial charge on any atom is 0.109 e. The van der Waals surface area contributed by atoms with Gasteiger partial charge in [0, 0.05) is 26.9 Å². The molecule has 0 aliphatic heterocycles. The molecule has 2 aromatic heterocycles. The first-order valence-corrected chi connectivity index (χ1v) is 8.00. The van der Waals surface area contributed by atoms with Crippen LogP contribution in [0, 0.1) is 6.92 Å². The van der Waals surface area contributed by atoms with Crippen molar-refractivity contribution < 1.29 is 0 Å². The average molecular weight is 280 g/mol. The van der Waals surface area contributed by atoms with Crippen LogP contribution in [0.4, 0.5) is 0 Å². The van der Waals surface area contributed by atoms with E-state index in [-0.39, 0.29) is 0 Å². The molecule has 2 aromatic rings. The summed E-state index contributed by atoms with van der Waals surface area (Å²) in [7, 11) is 0. The Morgan fingerprint density at radius 1 is 1.22 bits per heavy atom. The van der Waals surface area contributed by atoms with Crippen LogP contribution in [0.2, 0.25) is 0 Å².